The van der Waals surface area contributed by atoms with Crippen molar-refractivity contribution in [1.82, 2.24) is 0 Å². The van der Waals surface area contributed by atoms with Crippen LogP contribution < -0.4 is 5.32 Å². The van der Waals surface area contributed by atoms with E-state index in [2.05, 4.69) is 5.32 Å². The maximum Gasteiger partial charge on any atom is 0.337 e. The lowest BCUT2D eigenvalue weighted by Crippen LogP contribution is -2.13. The first-order valence-electron chi connectivity index (χ1n) is 6.38. The Labute approximate surface area is 121 Å². The van der Waals surface area contributed by atoms with E-state index in [4.69, 9.17) is 0 Å². The lowest BCUT2D eigenvalue weighted by molar-refractivity contribution is -0.114. The Balaban J connectivity index is 2.54. The number of carboxylic acids is 1. The summed E-state index contributed by atoms with van der Waals surface area (Å²) in [6, 6.07) is 11.9. The average molecular weight is 285 g/mol. The van der Waals surface area contributed by atoms with Crippen LogP contribution in [0.5, 0.6) is 5.75 Å². The van der Waals surface area contributed by atoms with Crippen molar-refractivity contribution < 1.29 is 19.8 Å². The molecule has 2 aromatic rings. The third-order valence-corrected chi connectivity index (χ3v) is 3.04. The van der Waals surface area contributed by atoms with E-state index in [1.54, 1.807) is 0 Å². The van der Waals surface area contributed by atoms with Gasteiger partial charge in [0.05, 0.1) is 11.3 Å². The van der Waals surface area contributed by atoms with Gasteiger partial charge in [-0.25, -0.2) is 4.79 Å². The fourth-order valence-corrected chi connectivity index (χ4v) is 2.11. The predicted molar refractivity (Wildman–Crippen MR) is 78.6 cm³/mol. The van der Waals surface area contributed by atoms with Crippen LogP contribution in [0.25, 0.3) is 0 Å². The van der Waals surface area contributed by atoms with Crippen molar-refractivity contribution in [3.05, 3.63) is 59.2 Å². The number of aromatic hydroxyl groups is 1. The third kappa shape index (κ3) is 3.39. The first kappa shape index (κ1) is 14.6. The molecule has 5 nitrogen and oxygen atoms in total. The summed E-state index contributed by atoms with van der Waals surface area (Å²) in [5, 5.41) is 21.8. The number of phenolic OH excluding ortho intramolecular Hbond substituents is 1. The van der Waals surface area contributed by atoms with Crippen LogP contribution in [0.3, 0.4) is 0 Å². The third-order valence-electron chi connectivity index (χ3n) is 3.04. The molecule has 0 saturated heterocycles. The Kier molecular flexibility index (Phi) is 4.23. The molecule has 108 valence electrons. The Morgan fingerprint density at radius 2 is 1.76 bits per heavy atom. The number of anilines is 1. The highest BCUT2D eigenvalue weighted by atomic mass is 16.4. The Morgan fingerprint density at radius 1 is 1.10 bits per heavy atom. The van der Waals surface area contributed by atoms with Crippen molar-refractivity contribution in [2.45, 2.75) is 13.3 Å². The maximum absolute atomic E-state index is 11.3. The van der Waals surface area contributed by atoms with Crippen LogP contribution in [0.4, 0.5) is 5.69 Å². The summed E-state index contributed by atoms with van der Waals surface area (Å²) in [7, 11) is 0. The minimum absolute atomic E-state index is 0.0473. The van der Waals surface area contributed by atoms with Crippen LogP contribution in [0.15, 0.2) is 42.5 Å². The molecule has 2 aromatic carbocycles. The number of nitrogens with one attached hydrogen (secondary N) is 1. The molecule has 0 aromatic heterocycles. The van der Waals surface area contributed by atoms with Crippen LogP contribution in [0.1, 0.15) is 28.4 Å². The van der Waals surface area contributed by atoms with E-state index in [9.17, 15) is 19.8 Å². The zero-order valence-corrected chi connectivity index (χ0v) is 11.5. The summed E-state index contributed by atoms with van der Waals surface area (Å²) in [5.41, 5.74) is 1.38. The van der Waals surface area contributed by atoms with Gasteiger partial charge in [0.2, 0.25) is 5.91 Å². The van der Waals surface area contributed by atoms with Gasteiger partial charge in [-0.15, -0.1) is 0 Å². The van der Waals surface area contributed by atoms with E-state index in [0.29, 0.717) is 12.0 Å². The number of benzene rings is 2. The van der Waals surface area contributed by atoms with E-state index in [0.717, 1.165) is 5.56 Å². The zero-order chi connectivity index (χ0) is 15.4. The molecule has 3 N–H and O–H groups in total. The van der Waals surface area contributed by atoms with Crippen molar-refractivity contribution in [3.8, 4) is 5.75 Å². The number of phenols is 1. The molecule has 21 heavy (non-hydrogen) atoms. The van der Waals surface area contributed by atoms with Crippen LogP contribution in [0, 0.1) is 0 Å². The van der Waals surface area contributed by atoms with Crippen molar-refractivity contribution in [3.63, 3.8) is 0 Å². The van der Waals surface area contributed by atoms with Gasteiger partial charge in [0, 0.05) is 18.9 Å². The number of rotatable bonds is 4. The van der Waals surface area contributed by atoms with Gasteiger partial charge in [-0.2, -0.15) is 0 Å². The molecular weight excluding hydrogens is 270 g/mol. The molecule has 0 atom stereocenters. The van der Waals surface area contributed by atoms with E-state index in [-0.39, 0.29) is 17.0 Å². The quantitative estimate of drug-likeness (QED) is 0.806. The molecule has 0 fully saturated rings. The first-order valence-corrected chi connectivity index (χ1v) is 6.38. The fraction of sp³-hybridized carbons (Fsp3) is 0.125. The fourth-order valence-electron chi connectivity index (χ4n) is 2.11. The highest BCUT2D eigenvalue weighted by Gasteiger charge is 2.18. The minimum Gasteiger partial charge on any atom is -0.508 e. The molecule has 0 saturated carbocycles. The summed E-state index contributed by atoms with van der Waals surface area (Å²) in [4.78, 5) is 22.6. The molecule has 0 unspecified atom stereocenters. The summed E-state index contributed by atoms with van der Waals surface area (Å²) in [5.74, 6) is -1.60. The standard InChI is InChI=1S/C16H15NO4/c1-10(18)17-15-12(16(20)21)7-8-14(19)13(15)9-11-5-3-2-4-6-11/h2-8,19H,9H2,1H3,(H,17,18)(H,20,21). The van der Waals surface area contributed by atoms with Crippen LogP contribution in [-0.2, 0) is 11.2 Å². The predicted octanol–water partition coefficient (Wildman–Crippen LogP) is 2.64. The maximum atomic E-state index is 11.3. The molecule has 0 aliphatic carbocycles. The second-order valence-electron chi connectivity index (χ2n) is 4.63. The van der Waals surface area contributed by atoms with Crippen LogP contribution in [0.2, 0.25) is 0 Å². The van der Waals surface area contributed by atoms with Gasteiger partial charge in [-0.1, -0.05) is 30.3 Å². The highest BCUT2D eigenvalue weighted by molar-refractivity contribution is 6.01. The number of aromatic carboxylic acids is 1. The zero-order valence-electron chi connectivity index (χ0n) is 11.5. The molecule has 2 rings (SSSR count). The molecule has 0 aliphatic heterocycles. The van der Waals surface area contributed by atoms with Crippen molar-refractivity contribution in [2.24, 2.45) is 0 Å². The normalized spacial score (nSPS) is 10.1. The SMILES string of the molecule is CC(=O)Nc1c(C(=O)O)ccc(O)c1Cc1ccccc1. The molecule has 0 spiro atoms. The summed E-state index contributed by atoms with van der Waals surface area (Å²) < 4.78 is 0. The van der Waals surface area contributed by atoms with Gasteiger partial charge in [0.15, 0.2) is 0 Å². The van der Waals surface area contributed by atoms with Crippen molar-refractivity contribution in [1.29, 1.82) is 0 Å². The summed E-state index contributed by atoms with van der Waals surface area (Å²) in [6.07, 6.45) is 0.323. The van der Waals surface area contributed by atoms with Crippen molar-refractivity contribution in [2.75, 3.05) is 5.32 Å². The number of amides is 1. The Morgan fingerprint density at radius 3 is 2.33 bits per heavy atom. The average Bonchev–Trinajstić information content (AvgIpc) is 2.43. The largest absolute Gasteiger partial charge is 0.508 e. The van der Waals surface area contributed by atoms with Gasteiger partial charge in [-0.3, -0.25) is 4.79 Å². The second-order valence-corrected chi connectivity index (χ2v) is 4.63. The summed E-state index contributed by atoms with van der Waals surface area (Å²) >= 11 is 0. The smallest absolute Gasteiger partial charge is 0.337 e. The lowest BCUT2D eigenvalue weighted by Gasteiger charge is -2.15. The number of carbonyl (C=O) groups is 2. The highest BCUT2D eigenvalue weighted by Crippen LogP contribution is 2.31. The number of carbonyl (C=O) groups excluding carboxylic acids is 1. The van der Waals surface area contributed by atoms with E-state index >= 15 is 0 Å². The van der Waals surface area contributed by atoms with E-state index < -0.39 is 11.9 Å². The van der Waals surface area contributed by atoms with Gasteiger partial charge in [0.25, 0.3) is 0 Å². The van der Waals surface area contributed by atoms with E-state index in [1.807, 2.05) is 30.3 Å². The molecule has 5 heteroatoms. The lowest BCUT2D eigenvalue weighted by atomic mass is 9.98. The number of hydrogen-bond donors (Lipinski definition) is 3. The topological polar surface area (TPSA) is 86.6 Å². The van der Waals surface area contributed by atoms with Gasteiger partial charge < -0.3 is 15.5 Å². The molecule has 0 aliphatic rings. The summed E-state index contributed by atoms with van der Waals surface area (Å²) in [6.45, 7) is 1.29. The van der Waals surface area contributed by atoms with Crippen LogP contribution >= 0.6 is 0 Å². The Bertz CT molecular complexity index is 680. The van der Waals surface area contributed by atoms with E-state index in [1.165, 1.54) is 19.1 Å². The van der Waals surface area contributed by atoms with Crippen LogP contribution in [-0.4, -0.2) is 22.1 Å². The molecule has 1 amide bonds. The Hall–Kier alpha value is -2.82. The van der Waals surface area contributed by atoms with Crippen molar-refractivity contribution >= 4 is 17.6 Å². The minimum atomic E-state index is -1.16. The second kappa shape index (κ2) is 6.09. The number of carboxylic acid groups (broad SMARTS) is 1. The first-order chi connectivity index (χ1) is 9.99. The molecule has 0 radical (unpaired) electrons. The van der Waals surface area contributed by atoms with Gasteiger partial charge in [0.1, 0.15) is 5.75 Å². The monoisotopic (exact) mass is 285 g/mol. The van der Waals surface area contributed by atoms with Gasteiger partial charge in [-0.05, 0) is 17.7 Å². The molecule has 0 heterocycles. The molecular formula is C16H15NO4. The number of hydrogen-bond acceptors (Lipinski definition) is 3. The molecule has 0 bridgehead atoms. The van der Waals surface area contributed by atoms with Gasteiger partial charge >= 0.3 is 5.97 Å².